The molecule has 1 aromatic heterocycles. The van der Waals surface area contributed by atoms with Crippen LogP contribution in [0.5, 0.6) is 0 Å². The first-order valence-electron chi connectivity index (χ1n) is 6.51. The minimum atomic E-state index is 0.844. The zero-order valence-corrected chi connectivity index (χ0v) is 10.9. The molecule has 2 heteroatoms. The molecular formula is C14H24N2. The Morgan fingerprint density at radius 2 is 1.75 bits per heavy atom. The molecule has 16 heavy (non-hydrogen) atoms. The Labute approximate surface area is 99.3 Å². The molecule has 0 N–H and O–H groups in total. The first-order chi connectivity index (χ1) is 7.68. The number of hydrogen-bond acceptors (Lipinski definition) is 1. The lowest BCUT2D eigenvalue weighted by Crippen LogP contribution is -2.32. The summed E-state index contributed by atoms with van der Waals surface area (Å²) in [6, 6.07) is 5.27. The van der Waals surface area contributed by atoms with Crippen LogP contribution in [0.2, 0.25) is 0 Å². The molecule has 0 aliphatic heterocycles. The minimum Gasteiger partial charge on any atom is -0.348 e. The van der Waals surface area contributed by atoms with Crippen LogP contribution in [0.15, 0.2) is 12.1 Å². The highest BCUT2D eigenvalue weighted by Gasteiger charge is 2.19. The van der Waals surface area contributed by atoms with Gasteiger partial charge < -0.3 is 9.47 Å². The van der Waals surface area contributed by atoms with Gasteiger partial charge in [0.05, 0.1) is 0 Å². The van der Waals surface area contributed by atoms with Crippen molar-refractivity contribution in [2.75, 3.05) is 13.6 Å². The number of rotatable bonds is 4. The van der Waals surface area contributed by atoms with E-state index in [2.05, 4.69) is 42.5 Å². The molecule has 1 saturated carbocycles. The number of aromatic nitrogens is 1. The summed E-state index contributed by atoms with van der Waals surface area (Å²) >= 11 is 0. The SMILES string of the molecule is Cc1ccc(C)n1CCN(C)C1CCCC1. The predicted octanol–water partition coefficient (Wildman–Crippen LogP) is 2.98. The second-order valence-corrected chi connectivity index (χ2v) is 5.19. The second kappa shape index (κ2) is 5.05. The van der Waals surface area contributed by atoms with Gasteiger partial charge in [0.1, 0.15) is 0 Å². The lowest BCUT2D eigenvalue weighted by molar-refractivity contribution is 0.235. The molecule has 1 aliphatic carbocycles. The number of hydrogen-bond donors (Lipinski definition) is 0. The number of aryl methyl sites for hydroxylation is 2. The van der Waals surface area contributed by atoms with Gasteiger partial charge in [0.2, 0.25) is 0 Å². The molecule has 1 fully saturated rings. The Bertz CT molecular complexity index is 315. The van der Waals surface area contributed by atoms with Crippen molar-refractivity contribution in [1.82, 2.24) is 9.47 Å². The van der Waals surface area contributed by atoms with Crippen LogP contribution in [-0.4, -0.2) is 29.1 Å². The van der Waals surface area contributed by atoms with E-state index in [1.165, 1.54) is 43.6 Å². The van der Waals surface area contributed by atoms with Crippen molar-refractivity contribution in [2.45, 2.75) is 52.1 Å². The monoisotopic (exact) mass is 220 g/mol. The molecule has 1 aromatic rings. The van der Waals surface area contributed by atoms with Gasteiger partial charge in [-0.25, -0.2) is 0 Å². The van der Waals surface area contributed by atoms with Crippen LogP contribution in [0.1, 0.15) is 37.1 Å². The first kappa shape index (κ1) is 11.7. The molecule has 0 unspecified atom stereocenters. The molecule has 0 aromatic carbocycles. The summed E-state index contributed by atoms with van der Waals surface area (Å²) in [7, 11) is 2.28. The first-order valence-corrected chi connectivity index (χ1v) is 6.51. The summed E-state index contributed by atoms with van der Waals surface area (Å²) in [6.07, 6.45) is 5.66. The maximum Gasteiger partial charge on any atom is 0.0352 e. The van der Waals surface area contributed by atoms with Crippen molar-refractivity contribution < 1.29 is 0 Å². The van der Waals surface area contributed by atoms with Gasteiger partial charge in [0, 0.05) is 30.5 Å². The second-order valence-electron chi connectivity index (χ2n) is 5.19. The third-order valence-electron chi connectivity index (χ3n) is 4.04. The fourth-order valence-corrected chi connectivity index (χ4v) is 2.84. The van der Waals surface area contributed by atoms with Crippen LogP contribution >= 0.6 is 0 Å². The molecule has 0 radical (unpaired) electrons. The maximum absolute atomic E-state index is 2.55. The van der Waals surface area contributed by atoms with E-state index >= 15 is 0 Å². The van der Waals surface area contributed by atoms with Crippen molar-refractivity contribution in [3.05, 3.63) is 23.5 Å². The number of nitrogens with zero attached hydrogens (tertiary/aromatic N) is 2. The van der Waals surface area contributed by atoms with E-state index in [9.17, 15) is 0 Å². The summed E-state index contributed by atoms with van der Waals surface area (Å²) in [5, 5.41) is 0. The molecule has 90 valence electrons. The van der Waals surface area contributed by atoms with Crippen molar-refractivity contribution in [3.63, 3.8) is 0 Å². The van der Waals surface area contributed by atoms with Crippen LogP contribution in [0.25, 0.3) is 0 Å². The molecule has 0 bridgehead atoms. The Hall–Kier alpha value is -0.760. The standard InChI is InChI=1S/C14H24N2/c1-12-8-9-13(2)16(12)11-10-15(3)14-6-4-5-7-14/h8-9,14H,4-7,10-11H2,1-3H3. The van der Waals surface area contributed by atoms with Gasteiger partial charge in [0.15, 0.2) is 0 Å². The van der Waals surface area contributed by atoms with Gasteiger partial charge in [-0.3, -0.25) is 0 Å². The normalized spacial score (nSPS) is 17.5. The van der Waals surface area contributed by atoms with Gasteiger partial charge in [-0.05, 0) is 45.9 Å². The highest BCUT2D eigenvalue weighted by Crippen LogP contribution is 2.22. The fraction of sp³-hybridized carbons (Fsp3) is 0.714. The van der Waals surface area contributed by atoms with Crippen LogP contribution in [0.3, 0.4) is 0 Å². The average Bonchev–Trinajstić information content (AvgIpc) is 2.87. The van der Waals surface area contributed by atoms with Crippen LogP contribution < -0.4 is 0 Å². The smallest absolute Gasteiger partial charge is 0.0352 e. The van der Waals surface area contributed by atoms with E-state index in [4.69, 9.17) is 0 Å². The highest BCUT2D eigenvalue weighted by atomic mass is 15.2. The lowest BCUT2D eigenvalue weighted by atomic mass is 10.2. The van der Waals surface area contributed by atoms with Crippen molar-refractivity contribution in [2.24, 2.45) is 0 Å². The van der Waals surface area contributed by atoms with Crippen LogP contribution in [-0.2, 0) is 6.54 Å². The van der Waals surface area contributed by atoms with Gasteiger partial charge in [-0.2, -0.15) is 0 Å². The zero-order chi connectivity index (χ0) is 11.5. The largest absolute Gasteiger partial charge is 0.348 e. The predicted molar refractivity (Wildman–Crippen MR) is 68.8 cm³/mol. The van der Waals surface area contributed by atoms with E-state index in [-0.39, 0.29) is 0 Å². The van der Waals surface area contributed by atoms with Gasteiger partial charge in [-0.1, -0.05) is 12.8 Å². The van der Waals surface area contributed by atoms with Crippen molar-refractivity contribution in [3.8, 4) is 0 Å². The van der Waals surface area contributed by atoms with Crippen molar-refractivity contribution >= 4 is 0 Å². The molecule has 1 heterocycles. The summed E-state index contributed by atoms with van der Waals surface area (Å²) in [4.78, 5) is 2.55. The summed E-state index contributed by atoms with van der Waals surface area (Å²) < 4.78 is 2.42. The van der Waals surface area contributed by atoms with E-state index in [1.54, 1.807) is 0 Å². The third kappa shape index (κ3) is 2.49. The summed E-state index contributed by atoms with van der Waals surface area (Å²) in [6.45, 7) is 6.71. The molecule has 2 rings (SSSR count). The Morgan fingerprint density at radius 3 is 2.31 bits per heavy atom. The lowest BCUT2D eigenvalue weighted by Gasteiger charge is -2.24. The van der Waals surface area contributed by atoms with Gasteiger partial charge >= 0.3 is 0 Å². The number of likely N-dealkylation sites (N-methyl/N-ethyl adjacent to an activating group) is 1. The summed E-state index contributed by atoms with van der Waals surface area (Å²) in [5.41, 5.74) is 2.77. The van der Waals surface area contributed by atoms with Crippen molar-refractivity contribution in [1.29, 1.82) is 0 Å². The Morgan fingerprint density at radius 1 is 1.19 bits per heavy atom. The molecule has 2 nitrogen and oxygen atoms in total. The van der Waals surface area contributed by atoms with Crippen LogP contribution in [0, 0.1) is 13.8 Å². The maximum atomic E-state index is 2.55. The van der Waals surface area contributed by atoms with E-state index in [0.717, 1.165) is 12.6 Å². The average molecular weight is 220 g/mol. The third-order valence-corrected chi connectivity index (χ3v) is 4.04. The molecule has 1 aliphatic rings. The fourth-order valence-electron chi connectivity index (χ4n) is 2.84. The topological polar surface area (TPSA) is 8.17 Å². The molecule has 0 atom stereocenters. The highest BCUT2D eigenvalue weighted by molar-refractivity contribution is 5.13. The quantitative estimate of drug-likeness (QED) is 0.757. The molecule has 0 saturated heterocycles. The molecular weight excluding hydrogens is 196 g/mol. The van der Waals surface area contributed by atoms with Crippen LogP contribution in [0.4, 0.5) is 0 Å². The van der Waals surface area contributed by atoms with Gasteiger partial charge in [0.25, 0.3) is 0 Å². The molecule has 0 amide bonds. The van der Waals surface area contributed by atoms with Gasteiger partial charge in [-0.15, -0.1) is 0 Å². The Balaban J connectivity index is 1.87. The van der Waals surface area contributed by atoms with E-state index < -0.39 is 0 Å². The van der Waals surface area contributed by atoms with E-state index in [1.807, 2.05) is 0 Å². The zero-order valence-electron chi connectivity index (χ0n) is 10.9. The molecule has 0 spiro atoms. The van der Waals surface area contributed by atoms with E-state index in [0.29, 0.717) is 0 Å². The summed E-state index contributed by atoms with van der Waals surface area (Å²) in [5.74, 6) is 0. The Kier molecular flexibility index (Phi) is 3.70. The minimum absolute atomic E-state index is 0.844.